The van der Waals surface area contributed by atoms with E-state index < -0.39 is 0 Å². The van der Waals surface area contributed by atoms with Gasteiger partial charge in [0.1, 0.15) is 0 Å². The van der Waals surface area contributed by atoms with Crippen LogP contribution in [0.1, 0.15) is 12.8 Å². The topological polar surface area (TPSA) is 3.01 Å². The Labute approximate surface area is 54.4 Å². The molecule has 0 N–H and O–H groups in total. The Kier molecular flexibility index (Phi) is 1.23. The molecule has 0 spiro atoms. The van der Waals surface area contributed by atoms with E-state index in [1.165, 1.54) is 31.7 Å². The van der Waals surface area contributed by atoms with Crippen LogP contribution in [0.5, 0.6) is 0 Å². The van der Waals surface area contributed by atoms with E-state index in [-0.39, 0.29) is 0 Å². The van der Waals surface area contributed by atoms with Crippen LogP contribution in [0.15, 0.2) is 0 Å². The zero-order valence-corrected chi connectivity index (χ0v) is 5.78. The van der Waals surface area contributed by atoms with E-state index in [9.17, 15) is 0 Å². The van der Waals surface area contributed by atoms with E-state index in [2.05, 4.69) is 16.7 Å². The Bertz CT molecular complexity index is 84.5. The predicted octanol–water partition coefficient (Wildman–Crippen LogP) is 1.16. The first-order valence-electron chi connectivity index (χ1n) is 3.32. The summed E-state index contributed by atoms with van der Waals surface area (Å²) in [4.78, 5) is 2.55. The monoisotopic (exact) mass is 129 g/mol. The van der Waals surface area contributed by atoms with Crippen LogP contribution >= 0.6 is 11.8 Å². The molecule has 2 aliphatic heterocycles. The highest BCUT2D eigenvalue weighted by atomic mass is 32.2. The minimum absolute atomic E-state index is 0.926. The first-order valence-corrected chi connectivity index (χ1v) is 4.37. The third kappa shape index (κ3) is 0.869. The molecule has 1 nitrogen and oxygen atoms in total. The minimum atomic E-state index is 0.926. The molecule has 0 aliphatic carbocycles. The Hall–Kier alpha value is 0.310. The molecule has 2 aliphatic rings. The fraction of sp³-hybridized carbons (Fsp3) is 1.00. The molecule has 2 fully saturated rings. The summed E-state index contributed by atoms with van der Waals surface area (Å²) < 4.78 is 0. The van der Waals surface area contributed by atoms with Crippen molar-refractivity contribution in [2.75, 3.05) is 18.8 Å². The standard InChI is InChI=1S/C6H11NS/c1-2-6(8-5-1)7-3-4-7/h6H,1-5H2. The second-order valence-electron chi connectivity index (χ2n) is 2.50. The van der Waals surface area contributed by atoms with Gasteiger partial charge in [-0.15, -0.1) is 11.8 Å². The van der Waals surface area contributed by atoms with Crippen molar-refractivity contribution >= 4 is 11.8 Å². The Morgan fingerprint density at radius 3 is 2.75 bits per heavy atom. The summed E-state index contributed by atoms with van der Waals surface area (Å²) in [5.41, 5.74) is 0. The summed E-state index contributed by atoms with van der Waals surface area (Å²) in [6.45, 7) is 2.75. The van der Waals surface area contributed by atoms with E-state index in [4.69, 9.17) is 0 Å². The summed E-state index contributed by atoms with van der Waals surface area (Å²) in [7, 11) is 0. The molecular formula is C6H11NS. The molecule has 0 bridgehead atoms. The smallest absolute Gasteiger partial charge is 0.0558 e. The normalized spacial score (nSPS) is 38.2. The highest BCUT2D eigenvalue weighted by molar-refractivity contribution is 8.00. The maximum absolute atomic E-state index is 2.55. The van der Waals surface area contributed by atoms with Crippen molar-refractivity contribution in [1.29, 1.82) is 0 Å². The molecule has 2 heteroatoms. The zero-order valence-electron chi connectivity index (χ0n) is 4.97. The van der Waals surface area contributed by atoms with Crippen LogP contribution in [0.3, 0.4) is 0 Å². The van der Waals surface area contributed by atoms with Crippen molar-refractivity contribution in [3.05, 3.63) is 0 Å². The van der Waals surface area contributed by atoms with Gasteiger partial charge in [-0.05, 0) is 18.6 Å². The number of nitrogens with zero attached hydrogens (tertiary/aromatic N) is 1. The molecule has 0 aromatic rings. The quantitative estimate of drug-likeness (QED) is 0.489. The number of rotatable bonds is 1. The number of thioether (sulfide) groups is 1. The average molecular weight is 129 g/mol. The number of hydrogen-bond acceptors (Lipinski definition) is 2. The van der Waals surface area contributed by atoms with Gasteiger partial charge in [0, 0.05) is 13.1 Å². The van der Waals surface area contributed by atoms with Gasteiger partial charge in [-0.25, -0.2) is 0 Å². The summed E-state index contributed by atoms with van der Waals surface area (Å²) in [5.74, 6) is 1.40. The fourth-order valence-electron chi connectivity index (χ4n) is 1.19. The van der Waals surface area contributed by atoms with Crippen LogP contribution in [0.2, 0.25) is 0 Å². The summed E-state index contributed by atoms with van der Waals surface area (Å²) >= 11 is 2.14. The van der Waals surface area contributed by atoms with Crippen LogP contribution < -0.4 is 0 Å². The lowest BCUT2D eigenvalue weighted by Gasteiger charge is -2.06. The summed E-state index contributed by atoms with van der Waals surface area (Å²) in [6.07, 6.45) is 2.90. The first-order chi connectivity index (χ1) is 3.97. The summed E-state index contributed by atoms with van der Waals surface area (Å²) in [5, 5.41) is 0.926. The van der Waals surface area contributed by atoms with E-state index in [0.717, 1.165) is 5.37 Å². The first kappa shape index (κ1) is 5.12. The maximum atomic E-state index is 2.55. The van der Waals surface area contributed by atoms with Crippen LogP contribution in [-0.2, 0) is 0 Å². The van der Waals surface area contributed by atoms with E-state index in [1.54, 1.807) is 0 Å². The van der Waals surface area contributed by atoms with Crippen molar-refractivity contribution in [2.24, 2.45) is 0 Å². The van der Waals surface area contributed by atoms with E-state index >= 15 is 0 Å². The molecule has 2 saturated heterocycles. The molecule has 46 valence electrons. The van der Waals surface area contributed by atoms with Gasteiger partial charge < -0.3 is 0 Å². The van der Waals surface area contributed by atoms with Gasteiger partial charge in [0.15, 0.2) is 0 Å². The molecule has 1 unspecified atom stereocenters. The highest BCUT2D eigenvalue weighted by Gasteiger charge is 2.29. The van der Waals surface area contributed by atoms with Crippen LogP contribution in [-0.4, -0.2) is 29.1 Å². The fourth-order valence-corrected chi connectivity index (χ4v) is 2.55. The van der Waals surface area contributed by atoms with Gasteiger partial charge in [-0.1, -0.05) is 0 Å². The molecule has 2 rings (SSSR count). The van der Waals surface area contributed by atoms with Crippen LogP contribution in [0.25, 0.3) is 0 Å². The number of hydrogen-bond donors (Lipinski definition) is 0. The van der Waals surface area contributed by atoms with Gasteiger partial charge >= 0.3 is 0 Å². The van der Waals surface area contributed by atoms with Crippen molar-refractivity contribution in [3.63, 3.8) is 0 Å². The minimum Gasteiger partial charge on any atom is -0.289 e. The van der Waals surface area contributed by atoms with Gasteiger partial charge in [-0.2, -0.15) is 0 Å². The SMILES string of the molecule is C1CSC(N2CC2)C1. The van der Waals surface area contributed by atoms with Crippen LogP contribution in [0, 0.1) is 0 Å². The molecule has 2 heterocycles. The second kappa shape index (κ2) is 1.92. The molecule has 8 heavy (non-hydrogen) atoms. The van der Waals surface area contributed by atoms with Gasteiger partial charge in [0.05, 0.1) is 5.37 Å². The average Bonchev–Trinajstić information content (AvgIpc) is 2.49. The Balaban J connectivity index is 1.86. The summed E-state index contributed by atoms with van der Waals surface area (Å²) in [6, 6.07) is 0. The van der Waals surface area contributed by atoms with Crippen molar-refractivity contribution < 1.29 is 0 Å². The third-order valence-corrected chi connectivity index (χ3v) is 3.24. The van der Waals surface area contributed by atoms with E-state index in [1.807, 2.05) is 0 Å². The van der Waals surface area contributed by atoms with Gasteiger partial charge in [0.2, 0.25) is 0 Å². The Morgan fingerprint density at radius 1 is 1.38 bits per heavy atom. The van der Waals surface area contributed by atoms with E-state index in [0.29, 0.717) is 0 Å². The molecule has 0 radical (unpaired) electrons. The predicted molar refractivity (Wildman–Crippen MR) is 37.1 cm³/mol. The lowest BCUT2D eigenvalue weighted by molar-refractivity contribution is 0.506. The highest BCUT2D eigenvalue weighted by Crippen LogP contribution is 2.32. The lowest BCUT2D eigenvalue weighted by atomic mass is 10.3. The van der Waals surface area contributed by atoms with Gasteiger partial charge in [-0.3, -0.25) is 4.90 Å². The third-order valence-electron chi connectivity index (χ3n) is 1.79. The molecule has 0 saturated carbocycles. The molecule has 1 atom stereocenters. The van der Waals surface area contributed by atoms with Gasteiger partial charge in [0.25, 0.3) is 0 Å². The largest absolute Gasteiger partial charge is 0.289 e. The Morgan fingerprint density at radius 2 is 2.25 bits per heavy atom. The molecule has 0 aromatic heterocycles. The molecule has 0 amide bonds. The van der Waals surface area contributed by atoms with Crippen LogP contribution in [0.4, 0.5) is 0 Å². The van der Waals surface area contributed by atoms with Crippen molar-refractivity contribution in [2.45, 2.75) is 18.2 Å². The molecule has 0 aromatic carbocycles. The second-order valence-corrected chi connectivity index (χ2v) is 3.79. The maximum Gasteiger partial charge on any atom is 0.0558 e. The lowest BCUT2D eigenvalue weighted by Crippen LogP contribution is -2.08. The molecular weight excluding hydrogens is 118 g/mol. The van der Waals surface area contributed by atoms with Crippen molar-refractivity contribution in [3.8, 4) is 0 Å². The zero-order chi connectivity index (χ0) is 5.40. The van der Waals surface area contributed by atoms with Crippen molar-refractivity contribution in [1.82, 2.24) is 4.90 Å².